The van der Waals surface area contributed by atoms with Crippen molar-refractivity contribution in [3.8, 4) is 0 Å². The van der Waals surface area contributed by atoms with E-state index in [4.69, 9.17) is 0 Å². The molecule has 0 aromatic heterocycles. The van der Waals surface area contributed by atoms with E-state index in [1.807, 2.05) is 36.4 Å². The molecule has 1 unspecified atom stereocenters. The third kappa shape index (κ3) is 3.19. The Morgan fingerprint density at radius 1 is 1.11 bits per heavy atom. The third-order valence-electron chi connectivity index (χ3n) is 5.15. The van der Waals surface area contributed by atoms with Crippen LogP contribution in [0, 0.1) is 0 Å². The van der Waals surface area contributed by atoms with Crippen LogP contribution in [0.1, 0.15) is 19.4 Å². The van der Waals surface area contributed by atoms with E-state index < -0.39 is 6.04 Å². The van der Waals surface area contributed by atoms with Crippen molar-refractivity contribution in [3.05, 3.63) is 48.0 Å². The summed E-state index contributed by atoms with van der Waals surface area (Å²) in [6.45, 7) is 4.03. The quantitative estimate of drug-likeness (QED) is 0.859. The Balaban J connectivity index is 1.52. The molecule has 0 aliphatic carbocycles. The minimum Gasteiger partial charge on any atom is -0.374 e. The number of para-hydroxylation sites is 2. The van der Waals surface area contributed by atoms with E-state index in [0.717, 1.165) is 23.4 Å². The van der Waals surface area contributed by atoms with Gasteiger partial charge in [0.05, 0.1) is 11.4 Å². The average molecular weight is 378 g/mol. The second-order valence-corrected chi connectivity index (χ2v) is 7.12. The van der Waals surface area contributed by atoms with E-state index in [1.165, 1.54) is 4.90 Å². The van der Waals surface area contributed by atoms with Crippen LogP contribution in [0.4, 0.5) is 22.7 Å². The zero-order chi connectivity index (χ0) is 19.8. The summed E-state index contributed by atoms with van der Waals surface area (Å²) in [6.07, 6.45) is 0.798. The van der Waals surface area contributed by atoms with E-state index >= 15 is 0 Å². The van der Waals surface area contributed by atoms with Crippen molar-refractivity contribution in [3.63, 3.8) is 0 Å². The van der Waals surface area contributed by atoms with Gasteiger partial charge in [-0.3, -0.25) is 19.3 Å². The molecule has 0 radical (unpaired) electrons. The summed E-state index contributed by atoms with van der Waals surface area (Å²) in [5, 5.41) is 6.02. The molecule has 2 heterocycles. The van der Waals surface area contributed by atoms with E-state index in [0.29, 0.717) is 17.9 Å². The van der Waals surface area contributed by atoms with Gasteiger partial charge >= 0.3 is 0 Å². The number of fused-ring (bicyclic) bond motifs is 2. The maximum Gasteiger partial charge on any atom is 0.249 e. The number of carbonyl (C=O) groups is 3. The monoisotopic (exact) mass is 378 g/mol. The minimum atomic E-state index is -0.512. The van der Waals surface area contributed by atoms with Gasteiger partial charge in [0.1, 0.15) is 12.6 Å². The van der Waals surface area contributed by atoms with Gasteiger partial charge in [0.25, 0.3) is 0 Å². The molecule has 2 N–H and O–H groups in total. The van der Waals surface area contributed by atoms with Gasteiger partial charge in [0, 0.05) is 24.8 Å². The molecule has 4 rings (SSSR count). The van der Waals surface area contributed by atoms with Crippen LogP contribution in [0.25, 0.3) is 0 Å². The van der Waals surface area contributed by atoms with Crippen molar-refractivity contribution in [1.82, 2.24) is 0 Å². The smallest absolute Gasteiger partial charge is 0.249 e. The highest BCUT2D eigenvalue weighted by atomic mass is 16.2. The predicted octanol–water partition coefficient (Wildman–Crippen LogP) is 2.38. The molecule has 0 fully saturated rings. The van der Waals surface area contributed by atoms with E-state index in [2.05, 4.69) is 10.6 Å². The fourth-order valence-electron chi connectivity index (χ4n) is 3.79. The van der Waals surface area contributed by atoms with Crippen LogP contribution in [0.15, 0.2) is 42.5 Å². The number of benzene rings is 2. The first-order valence-electron chi connectivity index (χ1n) is 9.32. The lowest BCUT2D eigenvalue weighted by molar-refractivity contribution is -0.122. The highest BCUT2D eigenvalue weighted by Gasteiger charge is 2.30. The van der Waals surface area contributed by atoms with Crippen molar-refractivity contribution in [2.75, 3.05) is 33.5 Å². The van der Waals surface area contributed by atoms with Crippen LogP contribution in [0.2, 0.25) is 0 Å². The fourth-order valence-corrected chi connectivity index (χ4v) is 3.79. The molecule has 0 saturated carbocycles. The summed E-state index contributed by atoms with van der Waals surface area (Å²) in [5.41, 5.74) is 4.17. The Hall–Kier alpha value is -3.35. The molecule has 28 heavy (non-hydrogen) atoms. The molecule has 0 bridgehead atoms. The molecule has 1 atom stereocenters. The van der Waals surface area contributed by atoms with Crippen molar-refractivity contribution >= 4 is 40.5 Å². The Morgan fingerprint density at radius 3 is 2.68 bits per heavy atom. The summed E-state index contributed by atoms with van der Waals surface area (Å²) in [7, 11) is 0. The molecule has 2 aromatic rings. The van der Waals surface area contributed by atoms with Gasteiger partial charge in [0.15, 0.2) is 0 Å². The number of hydrogen-bond acceptors (Lipinski definition) is 4. The second kappa shape index (κ2) is 6.99. The third-order valence-corrected chi connectivity index (χ3v) is 5.15. The van der Waals surface area contributed by atoms with Gasteiger partial charge in [-0.25, -0.2) is 0 Å². The molecule has 2 aliphatic heterocycles. The molecule has 3 amide bonds. The summed E-state index contributed by atoms with van der Waals surface area (Å²) >= 11 is 0. The topological polar surface area (TPSA) is 81.8 Å². The molecular formula is C21H22N4O3. The zero-order valence-electron chi connectivity index (χ0n) is 15.9. The molecule has 2 aromatic carbocycles. The molecule has 144 valence electrons. The number of hydrogen-bond donors (Lipinski definition) is 2. The standard InChI is InChI=1S/C21H22N4O3/c1-13(21(28)25-12-20(27)23-17-5-3-4-6-19(17)25)22-16-7-8-18-15(11-16)9-10-24(18)14(2)26/h3-8,11,13,22H,9-10,12H2,1-2H3,(H,23,27). The first kappa shape index (κ1) is 18.0. The molecule has 0 spiro atoms. The Labute approximate surface area is 163 Å². The highest BCUT2D eigenvalue weighted by molar-refractivity contribution is 6.11. The number of rotatable bonds is 3. The number of carbonyl (C=O) groups excluding carboxylic acids is 3. The van der Waals surface area contributed by atoms with Crippen molar-refractivity contribution in [2.24, 2.45) is 0 Å². The molecule has 7 nitrogen and oxygen atoms in total. The maximum absolute atomic E-state index is 13.0. The molecule has 0 saturated heterocycles. The van der Waals surface area contributed by atoms with Crippen molar-refractivity contribution in [2.45, 2.75) is 26.3 Å². The lowest BCUT2D eigenvalue weighted by Gasteiger charge is -2.31. The SMILES string of the molecule is CC(=O)N1CCc2cc(NC(C)C(=O)N3CC(=O)Nc4ccccc43)ccc21. The van der Waals surface area contributed by atoms with Gasteiger partial charge in [-0.05, 0) is 49.2 Å². The number of nitrogens with zero attached hydrogens (tertiary/aromatic N) is 2. The lowest BCUT2D eigenvalue weighted by Crippen LogP contribution is -2.47. The maximum atomic E-state index is 13.0. The molecule has 7 heteroatoms. The van der Waals surface area contributed by atoms with Gasteiger partial charge in [0.2, 0.25) is 17.7 Å². The predicted molar refractivity (Wildman–Crippen MR) is 109 cm³/mol. The first-order chi connectivity index (χ1) is 13.4. The van der Waals surface area contributed by atoms with E-state index in [-0.39, 0.29) is 24.3 Å². The largest absolute Gasteiger partial charge is 0.374 e. The number of anilines is 4. The van der Waals surface area contributed by atoms with Gasteiger partial charge in [-0.1, -0.05) is 12.1 Å². The van der Waals surface area contributed by atoms with Crippen LogP contribution >= 0.6 is 0 Å². The van der Waals surface area contributed by atoms with Crippen molar-refractivity contribution < 1.29 is 14.4 Å². The van der Waals surface area contributed by atoms with Gasteiger partial charge < -0.3 is 15.5 Å². The molecular weight excluding hydrogens is 356 g/mol. The number of nitrogens with one attached hydrogen (secondary N) is 2. The van der Waals surface area contributed by atoms with Crippen LogP contribution in [0.3, 0.4) is 0 Å². The normalized spacial score (nSPS) is 16.1. The summed E-state index contributed by atoms with van der Waals surface area (Å²) < 4.78 is 0. The van der Waals surface area contributed by atoms with Crippen LogP contribution in [-0.4, -0.2) is 36.9 Å². The van der Waals surface area contributed by atoms with E-state index in [9.17, 15) is 14.4 Å². The van der Waals surface area contributed by atoms with Gasteiger partial charge in [-0.15, -0.1) is 0 Å². The lowest BCUT2D eigenvalue weighted by atomic mass is 10.1. The first-order valence-corrected chi connectivity index (χ1v) is 9.32. The molecule has 2 aliphatic rings. The van der Waals surface area contributed by atoms with Crippen LogP contribution in [0.5, 0.6) is 0 Å². The number of amides is 3. The minimum absolute atomic E-state index is 0.000371. The Bertz CT molecular complexity index is 972. The summed E-state index contributed by atoms with van der Waals surface area (Å²) in [4.78, 5) is 40.0. The van der Waals surface area contributed by atoms with Crippen LogP contribution in [-0.2, 0) is 20.8 Å². The van der Waals surface area contributed by atoms with Crippen molar-refractivity contribution in [1.29, 1.82) is 0 Å². The van der Waals surface area contributed by atoms with Crippen LogP contribution < -0.4 is 20.4 Å². The average Bonchev–Trinajstić information content (AvgIpc) is 3.10. The highest BCUT2D eigenvalue weighted by Crippen LogP contribution is 2.32. The summed E-state index contributed by atoms with van der Waals surface area (Å²) in [5.74, 6) is -0.348. The zero-order valence-corrected chi connectivity index (χ0v) is 15.9. The second-order valence-electron chi connectivity index (χ2n) is 7.12. The fraction of sp³-hybridized carbons (Fsp3) is 0.286. The summed E-state index contributed by atoms with van der Waals surface area (Å²) in [6, 6.07) is 12.5. The Morgan fingerprint density at radius 2 is 1.89 bits per heavy atom. The van der Waals surface area contributed by atoms with E-state index in [1.54, 1.807) is 24.8 Å². The Kier molecular flexibility index (Phi) is 4.50. The van der Waals surface area contributed by atoms with Gasteiger partial charge in [-0.2, -0.15) is 0 Å².